The van der Waals surface area contributed by atoms with E-state index in [4.69, 9.17) is 10.9 Å². The number of nitrogens with two attached hydrogens (primary N) is 1. The predicted molar refractivity (Wildman–Crippen MR) is 53.2 cm³/mol. The Hall–Kier alpha value is -0.980. The molecule has 94 valence electrons. The summed E-state index contributed by atoms with van der Waals surface area (Å²) in [6, 6.07) is 0. The fourth-order valence-electron chi connectivity index (χ4n) is 1.69. The smallest absolute Gasteiger partial charge is 0.400 e. The van der Waals surface area contributed by atoms with Crippen LogP contribution in [0.5, 0.6) is 0 Å². The molecule has 1 unspecified atom stereocenters. The average Bonchev–Trinajstić information content (AvgIpc) is 2.12. The maximum Gasteiger partial charge on any atom is 0.400 e. The molecule has 1 fully saturated rings. The lowest BCUT2D eigenvalue weighted by Crippen LogP contribution is -2.53. The molecule has 1 aliphatic rings. The number of nitrogens with one attached hydrogen (secondary N) is 1. The summed E-state index contributed by atoms with van der Waals surface area (Å²) >= 11 is 0. The minimum atomic E-state index is -4.50. The number of oxime groups is 1. The zero-order valence-electron chi connectivity index (χ0n) is 9.01. The molecule has 4 N–H and O–H groups in total. The Bertz CT molecular complexity index is 274. The first-order chi connectivity index (χ1) is 7.28. The van der Waals surface area contributed by atoms with Gasteiger partial charge in [-0.05, 0) is 26.2 Å². The van der Waals surface area contributed by atoms with Gasteiger partial charge < -0.3 is 16.3 Å². The van der Waals surface area contributed by atoms with Crippen LogP contribution >= 0.6 is 0 Å². The van der Waals surface area contributed by atoms with Crippen molar-refractivity contribution in [2.24, 2.45) is 16.8 Å². The molecule has 0 aromatic rings. The number of hydrogen-bond donors (Lipinski definition) is 3. The van der Waals surface area contributed by atoms with Crippen molar-refractivity contribution < 1.29 is 18.4 Å². The van der Waals surface area contributed by atoms with E-state index in [-0.39, 0.29) is 12.1 Å². The highest BCUT2D eigenvalue weighted by Crippen LogP contribution is 2.32. The molecule has 0 heterocycles. The zero-order chi connectivity index (χ0) is 12.4. The van der Waals surface area contributed by atoms with Crippen LogP contribution in [0.3, 0.4) is 0 Å². The first kappa shape index (κ1) is 13.1. The second-order valence-electron chi connectivity index (χ2n) is 4.41. The van der Waals surface area contributed by atoms with Crippen molar-refractivity contribution in [3.63, 3.8) is 0 Å². The second-order valence-corrected chi connectivity index (χ2v) is 4.41. The molecule has 1 saturated carbocycles. The van der Waals surface area contributed by atoms with Crippen molar-refractivity contribution in [1.29, 1.82) is 0 Å². The molecule has 1 aliphatic carbocycles. The molecular formula is C9H16F3N3O. The summed E-state index contributed by atoms with van der Waals surface area (Å²) < 4.78 is 37.6. The van der Waals surface area contributed by atoms with Crippen LogP contribution in [0.2, 0.25) is 0 Å². The maximum absolute atomic E-state index is 12.5. The van der Waals surface area contributed by atoms with Gasteiger partial charge in [-0.15, -0.1) is 0 Å². The van der Waals surface area contributed by atoms with Crippen LogP contribution in [-0.4, -0.2) is 29.3 Å². The molecule has 0 spiro atoms. The van der Waals surface area contributed by atoms with Gasteiger partial charge >= 0.3 is 6.18 Å². The van der Waals surface area contributed by atoms with Crippen LogP contribution in [0.25, 0.3) is 0 Å². The summed E-state index contributed by atoms with van der Waals surface area (Å²) in [5, 5.41) is 13.6. The van der Waals surface area contributed by atoms with E-state index in [0.717, 1.165) is 19.3 Å². The number of rotatable bonds is 4. The third-order valence-electron chi connectivity index (χ3n) is 3.06. The molecule has 0 aliphatic heterocycles. The van der Waals surface area contributed by atoms with Crippen molar-refractivity contribution >= 4 is 5.84 Å². The number of hydrogen-bond acceptors (Lipinski definition) is 3. The molecule has 16 heavy (non-hydrogen) atoms. The highest BCUT2D eigenvalue weighted by atomic mass is 19.4. The first-order valence-corrected chi connectivity index (χ1v) is 5.08. The predicted octanol–water partition coefficient (Wildman–Crippen LogP) is 1.44. The molecule has 0 aromatic carbocycles. The van der Waals surface area contributed by atoms with E-state index in [1.165, 1.54) is 0 Å². The molecule has 1 rings (SSSR count). The van der Waals surface area contributed by atoms with E-state index >= 15 is 0 Å². The van der Waals surface area contributed by atoms with E-state index < -0.39 is 17.9 Å². The van der Waals surface area contributed by atoms with Crippen molar-refractivity contribution in [1.82, 2.24) is 5.32 Å². The topological polar surface area (TPSA) is 70.6 Å². The molecule has 7 heteroatoms. The van der Waals surface area contributed by atoms with E-state index in [1.54, 1.807) is 0 Å². The van der Waals surface area contributed by atoms with Crippen LogP contribution < -0.4 is 11.1 Å². The quantitative estimate of drug-likeness (QED) is 0.301. The van der Waals surface area contributed by atoms with E-state index in [0.29, 0.717) is 0 Å². The number of halogens is 3. The minimum Gasteiger partial charge on any atom is -0.409 e. The Morgan fingerprint density at radius 2 is 2.12 bits per heavy atom. The Morgan fingerprint density at radius 3 is 2.44 bits per heavy atom. The SMILES string of the molecule is CC1(NCC(C(N)=NO)C(F)(F)F)CCC1. The molecule has 0 bridgehead atoms. The Kier molecular flexibility index (Phi) is 3.67. The highest BCUT2D eigenvalue weighted by Gasteiger charge is 2.44. The highest BCUT2D eigenvalue weighted by molar-refractivity contribution is 5.83. The van der Waals surface area contributed by atoms with Gasteiger partial charge in [-0.1, -0.05) is 5.16 Å². The van der Waals surface area contributed by atoms with Crippen LogP contribution in [0.4, 0.5) is 13.2 Å². The van der Waals surface area contributed by atoms with Gasteiger partial charge in [-0.25, -0.2) is 0 Å². The van der Waals surface area contributed by atoms with Gasteiger partial charge in [-0.3, -0.25) is 0 Å². The van der Waals surface area contributed by atoms with Crippen LogP contribution in [0.15, 0.2) is 5.16 Å². The molecule has 0 aromatic heterocycles. The molecular weight excluding hydrogens is 223 g/mol. The fraction of sp³-hybridized carbons (Fsp3) is 0.889. The second kappa shape index (κ2) is 4.48. The summed E-state index contributed by atoms with van der Waals surface area (Å²) in [6.07, 6.45) is -1.77. The molecule has 0 saturated heterocycles. The normalized spacial score (nSPS) is 22.6. The zero-order valence-corrected chi connectivity index (χ0v) is 9.01. The molecule has 4 nitrogen and oxygen atoms in total. The van der Waals surface area contributed by atoms with Crippen LogP contribution in [0, 0.1) is 5.92 Å². The van der Waals surface area contributed by atoms with Gasteiger partial charge in [0.05, 0.1) is 0 Å². The van der Waals surface area contributed by atoms with Gasteiger partial charge in [0, 0.05) is 12.1 Å². The molecule has 0 radical (unpaired) electrons. The molecule has 1 atom stereocenters. The van der Waals surface area contributed by atoms with Crippen LogP contribution in [0.1, 0.15) is 26.2 Å². The Balaban J connectivity index is 2.58. The van der Waals surface area contributed by atoms with Gasteiger partial charge in [-0.2, -0.15) is 13.2 Å². The van der Waals surface area contributed by atoms with E-state index in [9.17, 15) is 13.2 Å². The monoisotopic (exact) mass is 239 g/mol. The van der Waals surface area contributed by atoms with Gasteiger partial charge in [0.15, 0.2) is 5.84 Å². The summed E-state index contributed by atoms with van der Waals surface area (Å²) in [7, 11) is 0. The first-order valence-electron chi connectivity index (χ1n) is 5.08. The van der Waals surface area contributed by atoms with Crippen molar-refractivity contribution in [2.45, 2.75) is 37.9 Å². The Morgan fingerprint density at radius 1 is 1.56 bits per heavy atom. The van der Waals surface area contributed by atoms with E-state index in [1.807, 2.05) is 6.92 Å². The third kappa shape index (κ3) is 3.01. The summed E-state index contributed by atoms with van der Waals surface area (Å²) in [5.41, 5.74) is 4.80. The number of nitrogens with zero attached hydrogens (tertiary/aromatic N) is 1. The summed E-state index contributed by atoms with van der Waals surface area (Å²) in [4.78, 5) is 0. The third-order valence-corrected chi connectivity index (χ3v) is 3.06. The Labute approximate surface area is 91.7 Å². The minimum absolute atomic E-state index is 0.237. The van der Waals surface area contributed by atoms with Gasteiger partial charge in [0.2, 0.25) is 0 Å². The summed E-state index contributed by atoms with van der Waals surface area (Å²) in [6.45, 7) is 1.52. The van der Waals surface area contributed by atoms with Gasteiger partial charge in [0.25, 0.3) is 0 Å². The average molecular weight is 239 g/mol. The molecule has 0 amide bonds. The largest absolute Gasteiger partial charge is 0.409 e. The van der Waals surface area contributed by atoms with Crippen molar-refractivity contribution in [3.05, 3.63) is 0 Å². The summed E-state index contributed by atoms with van der Waals surface area (Å²) in [5.74, 6) is -2.74. The lowest BCUT2D eigenvalue weighted by molar-refractivity contribution is -0.156. The lowest BCUT2D eigenvalue weighted by Gasteiger charge is -2.40. The van der Waals surface area contributed by atoms with Crippen LogP contribution in [-0.2, 0) is 0 Å². The van der Waals surface area contributed by atoms with Crippen molar-refractivity contribution in [2.75, 3.05) is 6.54 Å². The van der Waals surface area contributed by atoms with Crippen molar-refractivity contribution in [3.8, 4) is 0 Å². The number of alkyl halides is 3. The fourth-order valence-corrected chi connectivity index (χ4v) is 1.69. The lowest BCUT2D eigenvalue weighted by atomic mass is 9.78. The van der Waals surface area contributed by atoms with E-state index in [2.05, 4.69) is 10.5 Å². The maximum atomic E-state index is 12.5. The number of amidine groups is 1. The van der Waals surface area contributed by atoms with Gasteiger partial charge in [0.1, 0.15) is 5.92 Å². The standard InChI is InChI=1S/C9H16F3N3O/c1-8(3-2-4-8)14-5-6(7(13)15-16)9(10,11)12/h6,14,16H,2-5H2,1H3,(H2,13,15).